The van der Waals surface area contributed by atoms with Crippen molar-refractivity contribution in [2.75, 3.05) is 0 Å². The first-order chi connectivity index (χ1) is 13.7. The van der Waals surface area contributed by atoms with Gasteiger partial charge in [0, 0.05) is 16.8 Å². The summed E-state index contributed by atoms with van der Waals surface area (Å²) in [7, 11) is 0. The van der Waals surface area contributed by atoms with E-state index >= 15 is 0 Å². The van der Waals surface area contributed by atoms with Crippen molar-refractivity contribution in [3.05, 3.63) is 92.3 Å². The monoisotopic (exact) mass is 428 g/mol. The Morgan fingerprint density at radius 3 is 2.61 bits per heavy atom. The van der Waals surface area contributed by atoms with Crippen molar-refractivity contribution < 1.29 is 4.79 Å². The molecule has 2 aliphatic carbocycles. The molecule has 2 heteroatoms. The Morgan fingerprint density at radius 2 is 1.71 bits per heavy atom. The van der Waals surface area contributed by atoms with Crippen LogP contribution in [-0.4, -0.2) is 5.78 Å². The molecule has 0 N–H and O–H groups in total. The normalized spacial score (nSPS) is 16.8. The summed E-state index contributed by atoms with van der Waals surface area (Å²) in [4.78, 5) is 13.0. The van der Waals surface area contributed by atoms with Crippen LogP contribution in [0.5, 0.6) is 0 Å². The fraction of sp³-hybridized carbons (Fsp3) is 0.192. The van der Waals surface area contributed by atoms with Crippen molar-refractivity contribution in [3.63, 3.8) is 0 Å². The molecule has 138 valence electrons. The van der Waals surface area contributed by atoms with Gasteiger partial charge in [0.25, 0.3) is 0 Å². The smallest absolute Gasteiger partial charge is 0.144 e. The first-order valence-corrected chi connectivity index (χ1v) is 10.7. The van der Waals surface area contributed by atoms with E-state index in [1.165, 1.54) is 32.7 Å². The highest BCUT2D eigenvalue weighted by Crippen LogP contribution is 2.26. The topological polar surface area (TPSA) is 17.1 Å². The molecule has 0 amide bonds. The van der Waals surface area contributed by atoms with E-state index in [0.29, 0.717) is 12.2 Å². The molecule has 3 aromatic carbocycles. The maximum absolute atomic E-state index is 13.0. The number of rotatable bonds is 3. The van der Waals surface area contributed by atoms with Gasteiger partial charge in [-0.15, -0.1) is 0 Å². The van der Waals surface area contributed by atoms with Crippen molar-refractivity contribution in [2.24, 2.45) is 5.92 Å². The molecule has 0 aromatic heterocycles. The van der Waals surface area contributed by atoms with Crippen LogP contribution in [0.2, 0.25) is 0 Å². The highest BCUT2D eigenvalue weighted by Gasteiger charge is 2.22. The first kappa shape index (κ1) is 17.6. The van der Waals surface area contributed by atoms with E-state index in [0.717, 1.165) is 29.3 Å². The number of Topliss-reactive ketones (excluding diaryl/α,β-unsaturated/α-hetero) is 1. The average molecular weight is 429 g/mol. The number of halogens is 1. The lowest BCUT2D eigenvalue weighted by Gasteiger charge is -2.21. The molecule has 0 fully saturated rings. The Labute approximate surface area is 173 Å². The quantitative estimate of drug-likeness (QED) is 0.595. The molecule has 0 radical (unpaired) electrons. The van der Waals surface area contributed by atoms with Crippen LogP contribution in [0.3, 0.4) is 0 Å². The number of hydrogen-bond acceptors (Lipinski definition) is 1. The van der Waals surface area contributed by atoms with Gasteiger partial charge in [0.15, 0.2) is 0 Å². The minimum absolute atomic E-state index is 0.00308. The minimum atomic E-state index is -0.00308. The van der Waals surface area contributed by atoms with Crippen LogP contribution in [0.25, 0.3) is 23.3 Å². The third-order valence-corrected chi connectivity index (χ3v) is 6.81. The van der Waals surface area contributed by atoms with Crippen LogP contribution >= 0.6 is 15.9 Å². The number of carbonyl (C=O) groups excluding carboxylic acids is 1. The standard InChI is InChI=1S/C26H21BrO/c27-25-8-4-2-6-19(25)16-26(28)20-10-9-18-12-13-22-21-7-3-1-5-17(21)11-14-23(22)24(18)15-20/h1-8,12-15,20H,9-11,16H2. The van der Waals surface area contributed by atoms with Gasteiger partial charge in [-0.05, 0) is 63.6 Å². The molecule has 1 unspecified atom stereocenters. The fourth-order valence-corrected chi connectivity index (χ4v) is 4.96. The van der Waals surface area contributed by atoms with Crippen molar-refractivity contribution in [1.82, 2.24) is 0 Å². The molecule has 0 saturated carbocycles. The lowest BCUT2D eigenvalue weighted by atomic mass is 9.82. The summed E-state index contributed by atoms with van der Waals surface area (Å²) in [5, 5.41) is 2.60. The second-order valence-electron chi connectivity index (χ2n) is 7.71. The predicted molar refractivity (Wildman–Crippen MR) is 118 cm³/mol. The number of carbonyl (C=O) groups is 1. The maximum Gasteiger partial charge on any atom is 0.144 e. The van der Waals surface area contributed by atoms with Gasteiger partial charge in [0.2, 0.25) is 0 Å². The van der Waals surface area contributed by atoms with Crippen LogP contribution in [0.15, 0.2) is 65.1 Å². The van der Waals surface area contributed by atoms with Gasteiger partial charge >= 0.3 is 0 Å². The lowest BCUT2D eigenvalue weighted by molar-refractivity contribution is -0.120. The zero-order valence-electron chi connectivity index (χ0n) is 15.6. The minimum Gasteiger partial charge on any atom is -0.299 e. The van der Waals surface area contributed by atoms with Crippen molar-refractivity contribution >= 4 is 33.9 Å². The van der Waals surface area contributed by atoms with Crippen molar-refractivity contribution in [3.8, 4) is 11.1 Å². The van der Waals surface area contributed by atoms with Gasteiger partial charge in [0.1, 0.15) is 5.78 Å². The van der Waals surface area contributed by atoms with Gasteiger partial charge in [-0.25, -0.2) is 0 Å². The van der Waals surface area contributed by atoms with E-state index in [1.807, 2.05) is 24.3 Å². The Bertz CT molecular complexity index is 1210. The summed E-state index contributed by atoms with van der Waals surface area (Å²) in [5.41, 5.74) is 6.46. The number of ketones is 1. The maximum atomic E-state index is 13.0. The SMILES string of the molecule is O=C(Cc1ccccc1Br)C1C=c2c(ccc3c2=CCc2ccccc2-3)CC1. The third-order valence-electron chi connectivity index (χ3n) is 6.04. The number of benzene rings is 3. The second kappa shape index (κ2) is 7.18. The molecule has 1 nitrogen and oxygen atoms in total. The third kappa shape index (κ3) is 3.06. The Morgan fingerprint density at radius 1 is 0.893 bits per heavy atom. The second-order valence-corrected chi connectivity index (χ2v) is 8.57. The van der Waals surface area contributed by atoms with Gasteiger partial charge in [-0.2, -0.15) is 0 Å². The number of fused-ring (bicyclic) bond motifs is 5. The summed E-state index contributed by atoms with van der Waals surface area (Å²) < 4.78 is 1.02. The summed E-state index contributed by atoms with van der Waals surface area (Å²) in [6.07, 6.45) is 7.91. The highest BCUT2D eigenvalue weighted by molar-refractivity contribution is 9.10. The van der Waals surface area contributed by atoms with Gasteiger partial charge < -0.3 is 0 Å². The Kier molecular flexibility index (Phi) is 4.52. The zero-order valence-corrected chi connectivity index (χ0v) is 17.2. The summed E-state index contributed by atoms with van der Waals surface area (Å²) in [5.74, 6) is 0.308. The molecule has 28 heavy (non-hydrogen) atoms. The first-order valence-electron chi connectivity index (χ1n) is 9.89. The molecule has 0 bridgehead atoms. The average Bonchev–Trinajstić information content (AvgIpc) is 2.74. The number of aryl methyl sites for hydroxylation is 1. The zero-order chi connectivity index (χ0) is 19.1. The Balaban J connectivity index is 1.55. The van der Waals surface area contributed by atoms with E-state index < -0.39 is 0 Å². The van der Waals surface area contributed by atoms with E-state index in [1.54, 1.807) is 0 Å². The lowest BCUT2D eigenvalue weighted by Crippen LogP contribution is -2.37. The molecule has 2 aliphatic rings. The summed E-state index contributed by atoms with van der Waals surface area (Å²) in [6, 6.07) is 21.2. The molecular formula is C26H21BrO. The van der Waals surface area contributed by atoms with Crippen LogP contribution in [-0.2, 0) is 24.1 Å². The van der Waals surface area contributed by atoms with E-state index in [4.69, 9.17) is 0 Å². The molecule has 5 rings (SSSR count). The van der Waals surface area contributed by atoms with Crippen molar-refractivity contribution in [2.45, 2.75) is 25.7 Å². The van der Waals surface area contributed by atoms with Gasteiger partial charge in [0.05, 0.1) is 0 Å². The fourth-order valence-electron chi connectivity index (χ4n) is 4.53. The molecule has 0 heterocycles. The molecule has 1 atom stereocenters. The van der Waals surface area contributed by atoms with Gasteiger partial charge in [-0.3, -0.25) is 4.79 Å². The summed E-state index contributed by atoms with van der Waals surface area (Å²) >= 11 is 3.57. The number of hydrogen-bond donors (Lipinski definition) is 0. The predicted octanol–water partition coefficient (Wildman–Crippen LogP) is 4.61. The van der Waals surface area contributed by atoms with Crippen LogP contribution in [0.4, 0.5) is 0 Å². The van der Waals surface area contributed by atoms with Crippen LogP contribution in [0, 0.1) is 5.92 Å². The van der Waals surface area contributed by atoms with Crippen molar-refractivity contribution in [1.29, 1.82) is 0 Å². The Hall–Kier alpha value is -2.45. The van der Waals surface area contributed by atoms with E-state index in [9.17, 15) is 4.79 Å². The molecule has 0 aliphatic heterocycles. The summed E-state index contributed by atoms with van der Waals surface area (Å²) in [6.45, 7) is 0. The largest absolute Gasteiger partial charge is 0.299 e. The molecule has 3 aromatic rings. The van der Waals surface area contributed by atoms with E-state index in [2.05, 4.69) is 64.5 Å². The molecule has 0 spiro atoms. The van der Waals surface area contributed by atoms with E-state index in [-0.39, 0.29) is 5.92 Å². The van der Waals surface area contributed by atoms with Gasteiger partial charge in [-0.1, -0.05) is 82.7 Å². The van der Waals surface area contributed by atoms with Crippen LogP contribution < -0.4 is 10.4 Å². The molecular weight excluding hydrogens is 408 g/mol. The van der Waals surface area contributed by atoms with Crippen LogP contribution in [0.1, 0.15) is 23.1 Å². The highest BCUT2D eigenvalue weighted by atomic mass is 79.9. The molecule has 0 saturated heterocycles.